The summed E-state index contributed by atoms with van der Waals surface area (Å²) in [6, 6.07) is 8.50. The predicted molar refractivity (Wildman–Crippen MR) is 65.3 cm³/mol. The fraction of sp³-hybridized carbons (Fsp3) is 0.385. The molecular formula is C13H18N2. The molecule has 2 aromatic rings. The van der Waals surface area contributed by atoms with E-state index in [-0.39, 0.29) is 0 Å². The largest absolute Gasteiger partial charge is 0.361 e. The zero-order chi connectivity index (χ0) is 10.7. The van der Waals surface area contributed by atoms with Crippen LogP contribution in [0.5, 0.6) is 0 Å². The second-order valence-corrected chi connectivity index (χ2v) is 3.95. The summed E-state index contributed by atoms with van der Waals surface area (Å²) >= 11 is 0. The SMILES string of the molecule is CCC(CNC)c1c[nH]c2ccccc12. The molecule has 2 rings (SSSR count). The van der Waals surface area contributed by atoms with Gasteiger partial charge in [0.25, 0.3) is 0 Å². The summed E-state index contributed by atoms with van der Waals surface area (Å²) in [4.78, 5) is 3.33. The van der Waals surface area contributed by atoms with Gasteiger partial charge in [0, 0.05) is 23.6 Å². The maximum atomic E-state index is 3.33. The van der Waals surface area contributed by atoms with Crippen molar-refractivity contribution in [2.45, 2.75) is 19.3 Å². The Morgan fingerprint density at radius 2 is 2.13 bits per heavy atom. The van der Waals surface area contributed by atoms with Gasteiger partial charge in [-0.05, 0) is 31.0 Å². The topological polar surface area (TPSA) is 27.8 Å². The molecule has 0 saturated heterocycles. The van der Waals surface area contributed by atoms with Gasteiger partial charge in [-0.2, -0.15) is 0 Å². The number of fused-ring (bicyclic) bond motifs is 1. The van der Waals surface area contributed by atoms with E-state index in [1.54, 1.807) is 0 Å². The van der Waals surface area contributed by atoms with E-state index in [1.807, 2.05) is 7.05 Å². The van der Waals surface area contributed by atoms with E-state index in [1.165, 1.54) is 22.9 Å². The zero-order valence-electron chi connectivity index (χ0n) is 9.38. The fourth-order valence-corrected chi connectivity index (χ4v) is 2.15. The van der Waals surface area contributed by atoms with Gasteiger partial charge in [-0.1, -0.05) is 25.1 Å². The lowest BCUT2D eigenvalue weighted by atomic mass is 9.96. The maximum Gasteiger partial charge on any atom is 0.0456 e. The van der Waals surface area contributed by atoms with Gasteiger partial charge in [0.2, 0.25) is 0 Å². The van der Waals surface area contributed by atoms with Crippen LogP contribution in [-0.2, 0) is 0 Å². The number of likely N-dealkylation sites (N-methyl/N-ethyl adjacent to an activating group) is 1. The average molecular weight is 202 g/mol. The molecule has 0 aliphatic heterocycles. The predicted octanol–water partition coefficient (Wildman–Crippen LogP) is 2.88. The highest BCUT2D eigenvalue weighted by molar-refractivity contribution is 5.83. The van der Waals surface area contributed by atoms with Gasteiger partial charge >= 0.3 is 0 Å². The van der Waals surface area contributed by atoms with E-state index in [0.29, 0.717) is 5.92 Å². The molecule has 15 heavy (non-hydrogen) atoms. The first-order valence-corrected chi connectivity index (χ1v) is 5.57. The molecule has 2 N–H and O–H groups in total. The van der Waals surface area contributed by atoms with Gasteiger partial charge in [0.1, 0.15) is 0 Å². The van der Waals surface area contributed by atoms with E-state index in [0.717, 1.165) is 6.54 Å². The van der Waals surface area contributed by atoms with Crippen LogP contribution < -0.4 is 5.32 Å². The second-order valence-electron chi connectivity index (χ2n) is 3.95. The van der Waals surface area contributed by atoms with E-state index in [4.69, 9.17) is 0 Å². The van der Waals surface area contributed by atoms with Gasteiger partial charge < -0.3 is 10.3 Å². The molecular weight excluding hydrogens is 184 g/mol. The molecule has 0 bridgehead atoms. The van der Waals surface area contributed by atoms with Gasteiger partial charge in [0.05, 0.1) is 0 Å². The van der Waals surface area contributed by atoms with Gasteiger partial charge in [-0.25, -0.2) is 0 Å². The third-order valence-corrected chi connectivity index (χ3v) is 3.00. The Morgan fingerprint density at radius 3 is 2.87 bits per heavy atom. The van der Waals surface area contributed by atoms with E-state index >= 15 is 0 Å². The van der Waals surface area contributed by atoms with Gasteiger partial charge in [0.15, 0.2) is 0 Å². The van der Waals surface area contributed by atoms with Crippen LogP contribution in [0.2, 0.25) is 0 Å². The Hall–Kier alpha value is -1.28. The van der Waals surface area contributed by atoms with Crippen LogP contribution in [0.1, 0.15) is 24.8 Å². The van der Waals surface area contributed by atoms with Crippen molar-refractivity contribution in [3.8, 4) is 0 Å². The number of hydrogen-bond donors (Lipinski definition) is 2. The highest BCUT2D eigenvalue weighted by Crippen LogP contribution is 2.26. The van der Waals surface area contributed by atoms with Crippen LogP contribution in [0.25, 0.3) is 10.9 Å². The van der Waals surface area contributed by atoms with Crippen LogP contribution in [0.3, 0.4) is 0 Å². The number of rotatable bonds is 4. The number of H-pyrrole nitrogens is 1. The van der Waals surface area contributed by atoms with Crippen LogP contribution in [-0.4, -0.2) is 18.6 Å². The Bertz CT molecular complexity index is 431. The molecule has 80 valence electrons. The smallest absolute Gasteiger partial charge is 0.0456 e. The van der Waals surface area contributed by atoms with E-state index < -0.39 is 0 Å². The standard InChI is InChI=1S/C13H18N2/c1-3-10(8-14-2)12-9-15-13-7-5-4-6-11(12)13/h4-7,9-10,14-15H,3,8H2,1-2H3. The van der Waals surface area contributed by atoms with Crippen molar-refractivity contribution in [2.75, 3.05) is 13.6 Å². The van der Waals surface area contributed by atoms with Gasteiger partial charge in [-0.15, -0.1) is 0 Å². The minimum absolute atomic E-state index is 0.603. The van der Waals surface area contributed by atoms with E-state index in [2.05, 4.69) is 47.7 Å². The molecule has 0 saturated carbocycles. The molecule has 0 aliphatic carbocycles. The third-order valence-electron chi connectivity index (χ3n) is 3.00. The molecule has 1 aromatic heterocycles. The molecule has 2 heteroatoms. The highest BCUT2D eigenvalue weighted by atomic mass is 14.8. The minimum Gasteiger partial charge on any atom is -0.361 e. The summed E-state index contributed by atoms with van der Waals surface area (Å²) in [6.07, 6.45) is 3.32. The third kappa shape index (κ3) is 1.90. The Kier molecular flexibility index (Phi) is 3.07. The van der Waals surface area contributed by atoms with Crippen molar-refractivity contribution >= 4 is 10.9 Å². The summed E-state index contributed by atoms with van der Waals surface area (Å²) in [6.45, 7) is 3.28. The fourth-order valence-electron chi connectivity index (χ4n) is 2.15. The number of aromatic amines is 1. The molecule has 1 heterocycles. The summed E-state index contributed by atoms with van der Waals surface area (Å²) in [5.41, 5.74) is 2.67. The van der Waals surface area contributed by atoms with Crippen molar-refractivity contribution in [1.82, 2.24) is 10.3 Å². The monoisotopic (exact) mass is 202 g/mol. The Balaban J connectivity index is 2.41. The lowest BCUT2D eigenvalue weighted by Gasteiger charge is -2.13. The molecule has 0 amide bonds. The lowest BCUT2D eigenvalue weighted by Crippen LogP contribution is -2.16. The normalized spacial score (nSPS) is 13.2. The number of hydrogen-bond acceptors (Lipinski definition) is 1. The van der Waals surface area contributed by atoms with Crippen LogP contribution >= 0.6 is 0 Å². The van der Waals surface area contributed by atoms with Crippen molar-refractivity contribution < 1.29 is 0 Å². The maximum absolute atomic E-state index is 3.33. The molecule has 0 fully saturated rings. The molecule has 0 spiro atoms. The van der Waals surface area contributed by atoms with Crippen molar-refractivity contribution in [3.05, 3.63) is 36.0 Å². The first-order chi connectivity index (χ1) is 7.36. The first-order valence-electron chi connectivity index (χ1n) is 5.57. The summed E-state index contributed by atoms with van der Waals surface area (Å²) in [5, 5.41) is 4.62. The summed E-state index contributed by atoms with van der Waals surface area (Å²) in [5.74, 6) is 0.603. The average Bonchev–Trinajstić information content (AvgIpc) is 2.70. The Labute approximate surface area is 90.7 Å². The molecule has 1 unspecified atom stereocenters. The van der Waals surface area contributed by atoms with Crippen molar-refractivity contribution in [2.24, 2.45) is 0 Å². The zero-order valence-corrected chi connectivity index (χ0v) is 9.38. The molecule has 0 aliphatic rings. The molecule has 1 aromatic carbocycles. The summed E-state index contributed by atoms with van der Waals surface area (Å²) < 4.78 is 0. The van der Waals surface area contributed by atoms with Crippen molar-refractivity contribution in [1.29, 1.82) is 0 Å². The minimum atomic E-state index is 0.603. The van der Waals surface area contributed by atoms with Crippen LogP contribution in [0.15, 0.2) is 30.5 Å². The number of para-hydroxylation sites is 1. The lowest BCUT2D eigenvalue weighted by molar-refractivity contribution is 0.615. The second kappa shape index (κ2) is 4.49. The van der Waals surface area contributed by atoms with Crippen molar-refractivity contribution in [3.63, 3.8) is 0 Å². The number of aromatic nitrogens is 1. The number of nitrogens with one attached hydrogen (secondary N) is 2. The van der Waals surface area contributed by atoms with Gasteiger partial charge in [-0.3, -0.25) is 0 Å². The first kappa shape index (κ1) is 10.2. The van der Waals surface area contributed by atoms with Crippen LogP contribution in [0, 0.1) is 0 Å². The number of benzene rings is 1. The highest BCUT2D eigenvalue weighted by Gasteiger charge is 2.12. The van der Waals surface area contributed by atoms with E-state index in [9.17, 15) is 0 Å². The molecule has 2 nitrogen and oxygen atoms in total. The Morgan fingerprint density at radius 1 is 1.33 bits per heavy atom. The summed E-state index contributed by atoms with van der Waals surface area (Å²) in [7, 11) is 2.01. The molecule has 0 radical (unpaired) electrons. The quantitative estimate of drug-likeness (QED) is 0.784. The molecule has 1 atom stereocenters. The van der Waals surface area contributed by atoms with Crippen LogP contribution in [0.4, 0.5) is 0 Å².